The fourth-order valence-corrected chi connectivity index (χ4v) is 2.19. The Bertz CT molecular complexity index is 580. The van der Waals surface area contributed by atoms with Gasteiger partial charge >= 0.3 is 0 Å². The van der Waals surface area contributed by atoms with Gasteiger partial charge in [0.15, 0.2) is 0 Å². The molecule has 2 nitrogen and oxygen atoms in total. The van der Waals surface area contributed by atoms with Gasteiger partial charge in [-0.25, -0.2) is 4.98 Å². The van der Waals surface area contributed by atoms with Gasteiger partial charge in [-0.15, -0.1) is 0 Å². The van der Waals surface area contributed by atoms with E-state index in [1.807, 2.05) is 0 Å². The van der Waals surface area contributed by atoms with Gasteiger partial charge in [-0.05, 0) is 70.5 Å². The van der Waals surface area contributed by atoms with Crippen molar-refractivity contribution in [1.29, 1.82) is 0 Å². The highest BCUT2D eigenvalue weighted by atomic mass is 15.1. The van der Waals surface area contributed by atoms with Crippen LogP contribution in [0.5, 0.6) is 0 Å². The van der Waals surface area contributed by atoms with Crippen molar-refractivity contribution in [2.24, 2.45) is 0 Å². The lowest BCUT2D eigenvalue weighted by Crippen LogP contribution is -2.03. The number of aromatic nitrogens is 2. The molecule has 18 heavy (non-hydrogen) atoms. The van der Waals surface area contributed by atoms with Gasteiger partial charge in [0, 0.05) is 11.4 Å². The molecule has 0 fully saturated rings. The predicted molar refractivity (Wildman–Crippen MR) is 77.1 cm³/mol. The molecule has 2 aromatic heterocycles. The maximum atomic E-state index is 4.72. The maximum Gasteiger partial charge on any atom is 0.137 e. The minimum atomic E-state index is 1.00. The van der Waals surface area contributed by atoms with Crippen LogP contribution in [0.15, 0.2) is 29.8 Å². The monoisotopic (exact) mass is 240 g/mol. The van der Waals surface area contributed by atoms with E-state index in [2.05, 4.69) is 69.5 Å². The van der Waals surface area contributed by atoms with Gasteiger partial charge in [0.25, 0.3) is 0 Å². The zero-order valence-electron chi connectivity index (χ0n) is 11.8. The number of allylic oxidation sites excluding steroid dienone is 1. The molecule has 0 aromatic carbocycles. The Hall–Kier alpha value is -1.83. The van der Waals surface area contributed by atoms with Crippen LogP contribution in [0.2, 0.25) is 0 Å². The third-order valence-corrected chi connectivity index (χ3v) is 2.91. The molecule has 0 atom stereocenters. The molecule has 0 aliphatic carbocycles. The molecular formula is C16H20N2. The molecule has 0 radical (unpaired) electrons. The van der Waals surface area contributed by atoms with E-state index in [0.29, 0.717) is 0 Å². The van der Waals surface area contributed by atoms with Gasteiger partial charge in [-0.1, -0.05) is 5.57 Å². The first kappa shape index (κ1) is 12.6. The Labute approximate surface area is 109 Å². The van der Waals surface area contributed by atoms with E-state index >= 15 is 0 Å². The lowest BCUT2D eigenvalue weighted by atomic mass is 10.2. The van der Waals surface area contributed by atoms with E-state index in [0.717, 1.165) is 11.5 Å². The molecule has 0 saturated heterocycles. The number of pyridine rings is 1. The van der Waals surface area contributed by atoms with Gasteiger partial charge in [0.1, 0.15) is 5.82 Å². The van der Waals surface area contributed by atoms with Crippen LogP contribution in [0.1, 0.15) is 36.5 Å². The first-order valence-corrected chi connectivity index (χ1v) is 6.26. The number of nitrogens with zero attached hydrogens (tertiary/aromatic N) is 2. The van der Waals surface area contributed by atoms with Gasteiger partial charge in [0.05, 0.1) is 5.69 Å². The molecule has 2 heteroatoms. The zero-order valence-corrected chi connectivity index (χ0v) is 11.8. The van der Waals surface area contributed by atoms with E-state index in [1.54, 1.807) is 0 Å². The number of hydrogen-bond acceptors (Lipinski definition) is 1. The maximum absolute atomic E-state index is 4.72. The van der Waals surface area contributed by atoms with Crippen LogP contribution in [0.25, 0.3) is 11.9 Å². The fourth-order valence-electron chi connectivity index (χ4n) is 2.19. The summed E-state index contributed by atoms with van der Waals surface area (Å²) in [6.45, 7) is 10.5. The summed E-state index contributed by atoms with van der Waals surface area (Å²) in [5, 5.41) is 0. The molecule has 0 aliphatic rings. The molecule has 0 unspecified atom stereocenters. The molecule has 0 amide bonds. The summed E-state index contributed by atoms with van der Waals surface area (Å²) in [5.41, 5.74) is 5.96. The van der Waals surface area contributed by atoms with Crippen molar-refractivity contribution in [3.63, 3.8) is 0 Å². The fraction of sp³-hybridized carbons (Fsp3) is 0.312. The van der Waals surface area contributed by atoms with Crippen LogP contribution in [-0.2, 0) is 0 Å². The molecule has 2 heterocycles. The molecule has 0 aliphatic heterocycles. The van der Waals surface area contributed by atoms with Crippen molar-refractivity contribution in [1.82, 2.24) is 9.55 Å². The van der Waals surface area contributed by atoms with Crippen molar-refractivity contribution >= 4 is 6.08 Å². The average Bonchev–Trinajstić information content (AvgIpc) is 2.56. The van der Waals surface area contributed by atoms with Gasteiger partial charge in [-0.3, -0.25) is 0 Å². The highest BCUT2D eigenvalue weighted by Crippen LogP contribution is 2.17. The van der Waals surface area contributed by atoms with E-state index in [-0.39, 0.29) is 0 Å². The van der Waals surface area contributed by atoms with Crippen LogP contribution in [-0.4, -0.2) is 9.55 Å². The summed E-state index contributed by atoms with van der Waals surface area (Å²) in [7, 11) is 0. The Kier molecular flexibility index (Phi) is 3.37. The lowest BCUT2D eigenvalue weighted by molar-refractivity contribution is 0.916. The normalized spacial score (nSPS) is 10.5. The van der Waals surface area contributed by atoms with E-state index in [1.165, 1.54) is 22.5 Å². The van der Waals surface area contributed by atoms with Crippen molar-refractivity contribution < 1.29 is 0 Å². The molecule has 94 valence electrons. The largest absolute Gasteiger partial charge is 0.303 e. The van der Waals surface area contributed by atoms with Gasteiger partial charge < -0.3 is 4.57 Å². The van der Waals surface area contributed by atoms with Gasteiger partial charge in [0.2, 0.25) is 0 Å². The molecule has 0 saturated carbocycles. The second kappa shape index (κ2) is 4.81. The third kappa shape index (κ3) is 2.53. The molecular weight excluding hydrogens is 220 g/mol. The standard InChI is InChI=1S/C16H20N2/c1-11(2)8-15-9-12(3)10-16(17-15)18-13(4)6-7-14(18)5/h6-10H,1-5H3. The Morgan fingerprint density at radius 1 is 1.06 bits per heavy atom. The van der Waals surface area contributed by atoms with E-state index in [9.17, 15) is 0 Å². The SMILES string of the molecule is CC(C)=Cc1cc(C)cc(-n2c(C)ccc2C)n1. The third-order valence-electron chi connectivity index (χ3n) is 2.91. The van der Waals surface area contributed by atoms with Crippen LogP contribution in [0.4, 0.5) is 0 Å². The number of aryl methyl sites for hydroxylation is 3. The van der Waals surface area contributed by atoms with Crippen LogP contribution >= 0.6 is 0 Å². The van der Waals surface area contributed by atoms with Crippen molar-refractivity contribution in [2.45, 2.75) is 34.6 Å². The Balaban J connectivity index is 2.59. The Morgan fingerprint density at radius 2 is 1.67 bits per heavy atom. The van der Waals surface area contributed by atoms with Crippen molar-refractivity contribution in [3.8, 4) is 5.82 Å². The highest BCUT2D eigenvalue weighted by Gasteiger charge is 2.06. The number of hydrogen-bond donors (Lipinski definition) is 0. The first-order valence-electron chi connectivity index (χ1n) is 6.26. The van der Waals surface area contributed by atoms with E-state index < -0.39 is 0 Å². The molecule has 0 spiro atoms. The minimum absolute atomic E-state index is 1.00. The quantitative estimate of drug-likeness (QED) is 0.768. The summed E-state index contributed by atoms with van der Waals surface area (Å²) in [5.74, 6) is 1.00. The number of rotatable bonds is 2. The van der Waals surface area contributed by atoms with Crippen molar-refractivity contribution in [2.75, 3.05) is 0 Å². The van der Waals surface area contributed by atoms with Crippen LogP contribution in [0, 0.1) is 20.8 Å². The average molecular weight is 240 g/mol. The first-order chi connectivity index (χ1) is 8.47. The summed E-state index contributed by atoms with van der Waals surface area (Å²) >= 11 is 0. The second-order valence-electron chi connectivity index (χ2n) is 5.10. The molecule has 0 bridgehead atoms. The zero-order chi connectivity index (χ0) is 13.3. The summed E-state index contributed by atoms with van der Waals surface area (Å²) in [6.07, 6.45) is 2.12. The van der Waals surface area contributed by atoms with Crippen molar-refractivity contribution in [3.05, 3.63) is 52.5 Å². The van der Waals surface area contributed by atoms with Crippen LogP contribution < -0.4 is 0 Å². The second-order valence-corrected chi connectivity index (χ2v) is 5.10. The molecule has 2 aromatic rings. The smallest absolute Gasteiger partial charge is 0.137 e. The van der Waals surface area contributed by atoms with Gasteiger partial charge in [-0.2, -0.15) is 0 Å². The summed E-state index contributed by atoms with van der Waals surface area (Å²) in [4.78, 5) is 4.72. The lowest BCUT2D eigenvalue weighted by Gasteiger charge is -2.10. The van der Waals surface area contributed by atoms with E-state index in [4.69, 9.17) is 4.98 Å². The minimum Gasteiger partial charge on any atom is -0.303 e. The molecule has 0 N–H and O–H groups in total. The topological polar surface area (TPSA) is 17.8 Å². The molecule has 2 rings (SSSR count). The Morgan fingerprint density at radius 3 is 2.22 bits per heavy atom. The summed E-state index contributed by atoms with van der Waals surface area (Å²) < 4.78 is 2.19. The van der Waals surface area contributed by atoms with Crippen LogP contribution in [0.3, 0.4) is 0 Å². The summed E-state index contributed by atoms with van der Waals surface area (Å²) in [6, 6.07) is 8.49. The predicted octanol–water partition coefficient (Wildman–Crippen LogP) is 4.22. The highest BCUT2D eigenvalue weighted by molar-refractivity contribution is 5.51.